The van der Waals surface area contributed by atoms with Crippen molar-refractivity contribution >= 4 is 6.29 Å². The normalized spacial score (nSPS) is 10.6. The Bertz CT molecular complexity index is 606. The smallest absolute Gasteiger partial charge is 0.150 e. The summed E-state index contributed by atoms with van der Waals surface area (Å²) in [6, 6.07) is 5.75. The molecule has 1 heterocycles. The number of hydrogen-bond donors (Lipinski definition) is 0. The first-order chi connectivity index (χ1) is 9.55. The Balaban J connectivity index is 2.18. The molecule has 1 aromatic heterocycles. The molecule has 0 saturated heterocycles. The summed E-state index contributed by atoms with van der Waals surface area (Å²) in [6.07, 6.45) is 1.78. The van der Waals surface area contributed by atoms with Gasteiger partial charge in [0, 0.05) is 12.6 Å². The Labute approximate surface area is 119 Å². The van der Waals surface area contributed by atoms with Crippen LogP contribution < -0.4 is 4.74 Å². The number of ether oxygens (including phenoxy) is 1. The maximum atomic E-state index is 10.8. The molecule has 2 rings (SSSR count). The van der Waals surface area contributed by atoms with Crippen LogP contribution in [0.25, 0.3) is 0 Å². The third-order valence-corrected chi connectivity index (χ3v) is 3.37. The fourth-order valence-corrected chi connectivity index (χ4v) is 2.30. The third-order valence-electron chi connectivity index (χ3n) is 3.37. The monoisotopic (exact) mass is 272 g/mol. The summed E-state index contributed by atoms with van der Waals surface area (Å²) in [5.74, 6) is 0.842. The van der Waals surface area contributed by atoms with Gasteiger partial charge in [-0.25, -0.2) is 0 Å². The molecule has 0 aliphatic carbocycles. The first kappa shape index (κ1) is 14.3. The number of aldehydes is 1. The Morgan fingerprint density at radius 1 is 1.25 bits per heavy atom. The molecule has 0 amide bonds. The molecule has 0 radical (unpaired) electrons. The van der Waals surface area contributed by atoms with Crippen molar-refractivity contribution in [1.29, 1.82) is 0 Å². The quantitative estimate of drug-likeness (QED) is 0.786. The molecule has 4 heteroatoms. The van der Waals surface area contributed by atoms with Crippen molar-refractivity contribution in [2.45, 2.75) is 33.8 Å². The summed E-state index contributed by atoms with van der Waals surface area (Å²) in [4.78, 5) is 10.8. The number of benzene rings is 1. The van der Waals surface area contributed by atoms with E-state index >= 15 is 0 Å². The van der Waals surface area contributed by atoms with E-state index in [9.17, 15) is 4.79 Å². The van der Waals surface area contributed by atoms with Crippen LogP contribution in [0.3, 0.4) is 0 Å². The van der Waals surface area contributed by atoms with Gasteiger partial charge in [0.05, 0.1) is 11.4 Å². The van der Waals surface area contributed by atoms with Crippen LogP contribution in [0.1, 0.15) is 39.8 Å². The second kappa shape index (κ2) is 5.90. The van der Waals surface area contributed by atoms with Crippen LogP contribution in [-0.2, 0) is 20.1 Å². The van der Waals surface area contributed by atoms with Gasteiger partial charge in [-0.15, -0.1) is 0 Å². The predicted molar refractivity (Wildman–Crippen MR) is 78.2 cm³/mol. The molecule has 1 aromatic carbocycles. The summed E-state index contributed by atoms with van der Waals surface area (Å²) < 4.78 is 7.77. The Morgan fingerprint density at radius 2 is 1.90 bits per heavy atom. The van der Waals surface area contributed by atoms with Crippen LogP contribution in [0.2, 0.25) is 0 Å². The van der Waals surface area contributed by atoms with Crippen LogP contribution in [0.4, 0.5) is 0 Å². The lowest BCUT2D eigenvalue weighted by molar-refractivity contribution is 0.112. The zero-order valence-corrected chi connectivity index (χ0v) is 12.4. The summed E-state index contributed by atoms with van der Waals surface area (Å²) >= 11 is 0. The average Bonchev–Trinajstić information content (AvgIpc) is 2.78. The van der Waals surface area contributed by atoms with Crippen molar-refractivity contribution in [3.05, 3.63) is 46.3 Å². The van der Waals surface area contributed by atoms with E-state index in [0.717, 1.165) is 41.0 Å². The van der Waals surface area contributed by atoms with E-state index in [1.54, 1.807) is 0 Å². The van der Waals surface area contributed by atoms with E-state index in [4.69, 9.17) is 4.74 Å². The maximum absolute atomic E-state index is 10.8. The molecule has 0 saturated carbocycles. The van der Waals surface area contributed by atoms with Crippen LogP contribution >= 0.6 is 0 Å². The van der Waals surface area contributed by atoms with Crippen molar-refractivity contribution in [2.24, 2.45) is 7.05 Å². The molecule has 0 N–H and O–H groups in total. The summed E-state index contributed by atoms with van der Waals surface area (Å²) in [5, 5.41) is 4.40. The number of carbonyl (C=O) groups is 1. The van der Waals surface area contributed by atoms with Gasteiger partial charge in [-0.1, -0.05) is 6.92 Å². The minimum Gasteiger partial charge on any atom is -0.487 e. The number of hydrogen-bond acceptors (Lipinski definition) is 3. The standard InChI is InChI=1S/C16H20N2O2/c1-5-14-8-15(18(4)17-14)10-20-16-11(2)6-13(9-19)7-12(16)3/h6-9H,5,10H2,1-4H3. The predicted octanol–water partition coefficient (Wildman–Crippen LogP) is 2.99. The van der Waals surface area contributed by atoms with Crippen LogP contribution in [0, 0.1) is 13.8 Å². The highest BCUT2D eigenvalue weighted by atomic mass is 16.5. The molecular formula is C16H20N2O2. The first-order valence-electron chi connectivity index (χ1n) is 6.76. The van der Waals surface area contributed by atoms with E-state index in [0.29, 0.717) is 12.2 Å². The molecule has 0 aliphatic heterocycles. The Hall–Kier alpha value is -2.10. The van der Waals surface area contributed by atoms with Crippen LogP contribution in [0.5, 0.6) is 5.75 Å². The molecule has 106 valence electrons. The van der Waals surface area contributed by atoms with Gasteiger partial charge in [0.1, 0.15) is 18.6 Å². The number of rotatable bonds is 5. The van der Waals surface area contributed by atoms with Gasteiger partial charge in [-0.3, -0.25) is 9.48 Å². The van der Waals surface area contributed by atoms with Gasteiger partial charge >= 0.3 is 0 Å². The van der Waals surface area contributed by atoms with E-state index in [1.807, 2.05) is 37.7 Å². The fraction of sp³-hybridized carbons (Fsp3) is 0.375. The Kier molecular flexibility index (Phi) is 4.23. The zero-order chi connectivity index (χ0) is 14.7. The van der Waals surface area contributed by atoms with Gasteiger partial charge in [0.25, 0.3) is 0 Å². The van der Waals surface area contributed by atoms with E-state index in [-0.39, 0.29) is 0 Å². The molecule has 20 heavy (non-hydrogen) atoms. The topological polar surface area (TPSA) is 44.1 Å². The largest absolute Gasteiger partial charge is 0.487 e. The second-order valence-electron chi connectivity index (χ2n) is 4.99. The van der Waals surface area contributed by atoms with Crippen LogP contribution in [0.15, 0.2) is 18.2 Å². The van der Waals surface area contributed by atoms with E-state index in [2.05, 4.69) is 18.1 Å². The molecular weight excluding hydrogens is 252 g/mol. The minimum atomic E-state index is 0.478. The number of nitrogens with zero attached hydrogens (tertiary/aromatic N) is 2. The number of aryl methyl sites for hydroxylation is 4. The highest BCUT2D eigenvalue weighted by Crippen LogP contribution is 2.25. The molecule has 0 spiro atoms. The lowest BCUT2D eigenvalue weighted by Gasteiger charge is -2.12. The SMILES string of the molecule is CCc1cc(COc2c(C)cc(C=O)cc2C)n(C)n1. The van der Waals surface area contributed by atoms with Crippen molar-refractivity contribution in [1.82, 2.24) is 9.78 Å². The lowest BCUT2D eigenvalue weighted by Crippen LogP contribution is -2.05. The zero-order valence-electron chi connectivity index (χ0n) is 12.4. The summed E-state index contributed by atoms with van der Waals surface area (Å²) in [7, 11) is 1.92. The van der Waals surface area contributed by atoms with Crippen molar-refractivity contribution in [3.63, 3.8) is 0 Å². The van der Waals surface area contributed by atoms with Gasteiger partial charge in [0.15, 0.2) is 0 Å². The molecule has 4 nitrogen and oxygen atoms in total. The highest BCUT2D eigenvalue weighted by molar-refractivity contribution is 5.76. The van der Waals surface area contributed by atoms with E-state index in [1.165, 1.54) is 0 Å². The first-order valence-corrected chi connectivity index (χ1v) is 6.76. The van der Waals surface area contributed by atoms with Gasteiger partial charge in [0.2, 0.25) is 0 Å². The van der Waals surface area contributed by atoms with Gasteiger partial charge in [-0.2, -0.15) is 5.10 Å². The average molecular weight is 272 g/mol. The summed E-state index contributed by atoms with van der Waals surface area (Å²) in [5.41, 5.74) is 4.74. The highest BCUT2D eigenvalue weighted by Gasteiger charge is 2.09. The van der Waals surface area contributed by atoms with E-state index < -0.39 is 0 Å². The van der Waals surface area contributed by atoms with Crippen molar-refractivity contribution in [3.8, 4) is 5.75 Å². The fourth-order valence-electron chi connectivity index (χ4n) is 2.30. The molecule has 0 unspecified atom stereocenters. The van der Waals surface area contributed by atoms with Crippen molar-refractivity contribution < 1.29 is 9.53 Å². The van der Waals surface area contributed by atoms with Gasteiger partial charge in [-0.05, 0) is 49.6 Å². The minimum absolute atomic E-state index is 0.478. The maximum Gasteiger partial charge on any atom is 0.150 e. The number of aromatic nitrogens is 2. The number of carbonyl (C=O) groups excluding carboxylic acids is 1. The molecule has 0 bridgehead atoms. The molecule has 0 aliphatic rings. The van der Waals surface area contributed by atoms with Crippen LogP contribution in [-0.4, -0.2) is 16.1 Å². The molecule has 2 aromatic rings. The molecule has 0 fully saturated rings. The second-order valence-corrected chi connectivity index (χ2v) is 4.99. The summed E-state index contributed by atoms with van der Waals surface area (Å²) in [6.45, 7) is 6.47. The van der Waals surface area contributed by atoms with Gasteiger partial charge < -0.3 is 4.74 Å². The Morgan fingerprint density at radius 3 is 2.40 bits per heavy atom. The van der Waals surface area contributed by atoms with Crippen molar-refractivity contribution in [2.75, 3.05) is 0 Å². The molecule has 0 atom stereocenters. The third kappa shape index (κ3) is 2.90. The lowest BCUT2D eigenvalue weighted by atomic mass is 10.1.